The van der Waals surface area contributed by atoms with Crippen molar-refractivity contribution in [1.82, 2.24) is 15.5 Å². The maximum atomic E-state index is 14.1. The molecular weight excluding hydrogens is 454 g/mol. The Morgan fingerprint density at radius 1 is 1.06 bits per heavy atom. The first-order chi connectivity index (χ1) is 16.9. The minimum atomic E-state index is -0.819. The Balaban J connectivity index is 2.48. The molecule has 1 aromatic carbocycles. The van der Waals surface area contributed by atoms with Crippen LogP contribution in [0.3, 0.4) is 0 Å². The fraction of sp³-hybridized carbons (Fsp3) is 0.690. The van der Waals surface area contributed by atoms with E-state index in [1.807, 2.05) is 52.8 Å². The van der Waals surface area contributed by atoms with Gasteiger partial charge in [-0.15, -0.1) is 0 Å². The van der Waals surface area contributed by atoms with Gasteiger partial charge in [-0.3, -0.25) is 9.59 Å². The van der Waals surface area contributed by atoms with Crippen molar-refractivity contribution in [2.75, 3.05) is 6.54 Å². The first-order valence-electron chi connectivity index (χ1n) is 13.5. The summed E-state index contributed by atoms with van der Waals surface area (Å²) in [6.45, 7) is 15.5. The molecule has 0 radical (unpaired) electrons. The molecule has 2 rings (SSSR count). The molecule has 1 aliphatic rings. The van der Waals surface area contributed by atoms with Crippen LogP contribution in [0.15, 0.2) is 18.2 Å². The highest BCUT2D eigenvalue weighted by atomic mass is 16.6. The lowest BCUT2D eigenvalue weighted by Crippen LogP contribution is -2.55. The molecular formula is C29H47N3O4. The highest BCUT2D eigenvalue weighted by Gasteiger charge is 2.38. The number of hydrogen-bond acceptors (Lipinski definition) is 4. The van der Waals surface area contributed by atoms with Crippen LogP contribution < -0.4 is 10.6 Å². The third-order valence-electron chi connectivity index (χ3n) is 6.68. The first-order valence-corrected chi connectivity index (χ1v) is 13.5. The van der Waals surface area contributed by atoms with Gasteiger partial charge in [0.2, 0.25) is 11.8 Å². The molecule has 7 heteroatoms. The molecule has 0 bridgehead atoms. The summed E-state index contributed by atoms with van der Waals surface area (Å²) in [4.78, 5) is 42.3. The smallest absolute Gasteiger partial charge is 0.408 e. The number of hydrogen-bond donors (Lipinski definition) is 2. The van der Waals surface area contributed by atoms with Gasteiger partial charge in [-0.2, -0.15) is 0 Å². The van der Waals surface area contributed by atoms with Crippen LogP contribution in [0.4, 0.5) is 4.79 Å². The maximum absolute atomic E-state index is 14.1. The number of rotatable bonds is 9. The van der Waals surface area contributed by atoms with Gasteiger partial charge in [0.15, 0.2) is 0 Å². The molecule has 0 aromatic heterocycles. The highest BCUT2D eigenvalue weighted by molar-refractivity contribution is 5.92. The summed E-state index contributed by atoms with van der Waals surface area (Å²) in [5.41, 5.74) is 2.11. The lowest BCUT2D eigenvalue weighted by Gasteiger charge is -2.37. The summed E-state index contributed by atoms with van der Waals surface area (Å²) in [6, 6.07) is 4.46. The largest absolute Gasteiger partial charge is 0.444 e. The van der Waals surface area contributed by atoms with Crippen molar-refractivity contribution in [3.63, 3.8) is 0 Å². The Labute approximate surface area is 217 Å². The second-order valence-electron chi connectivity index (χ2n) is 11.5. The van der Waals surface area contributed by atoms with Crippen LogP contribution in [0.1, 0.15) is 103 Å². The van der Waals surface area contributed by atoms with Crippen LogP contribution in [0.5, 0.6) is 0 Å². The molecule has 2 unspecified atom stereocenters. The fourth-order valence-corrected chi connectivity index (χ4v) is 4.95. The molecule has 0 spiro atoms. The third-order valence-corrected chi connectivity index (χ3v) is 6.68. The minimum absolute atomic E-state index is 0.123. The van der Waals surface area contributed by atoms with Crippen LogP contribution >= 0.6 is 0 Å². The average molecular weight is 502 g/mol. The molecule has 1 aliphatic carbocycles. The van der Waals surface area contributed by atoms with E-state index >= 15 is 0 Å². The fourth-order valence-electron chi connectivity index (χ4n) is 4.95. The van der Waals surface area contributed by atoms with Crippen LogP contribution in [-0.2, 0) is 14.3 Å². The van der Waals surface area contributed by atoms with Gasteiger partial charge in [0, 0.05) is 12.6 Å². The van der Waals surface area contributed by atoms with Crippen molar-refractivity contribution in [2.24, 2.45) is 5.92 Å². The number of alkyl carbamates (subject to hydrolysis) is 1. The second-order valence-corrected chi connectivity index (χ2v) is 11.5. The zero-order valence-electron chi connectivity index (χ0n) is 23.6. The molecule has 3 amide bonds. The lowest BCUT2D eigenvalue weighted by molar-refractivity contribution is -0.143. The number of benzene rings is 1. The van der Waals surface area contributed by atoms with E-state index in [9.17, 15) is 14.4 Å². The zero-order chi connectivity index (χ0) is 27.0. The normalized spacial score (nSPS) is 16.2. The van der Waals surface area contributed by atoms with E-state index in [0.717, 1.165) is 42.4 Å². The van der Waals surface area contributed by atoms with E-state index in [1.54, 1.807) is 25.7 Å². The third kappa shape index (κ3) is 8.24. The molecule has 0 saturated heterocycles. The topological polar surface area (TPSA) is 87.7 Å². The van der Waals surface area contributed by atoms with Crippen molar-refractivity contribution in [1.29, 1.82) is 0 Å². The van der Waals surface area contributed by atoms with Gasteiger partial charge in [0.1, 0.15) is 17.7 Å². The van der Waals surface area contributed by atoms with E-state index in [-0.39, 0.29) is 23.8 Å². The number of amides is 3. The summed E-state index contributed by atoms with van der Waals surface area (Å²) in [6.07, 6.45) is 5.36. The average Bonchev–Trinajstić information content (AvgIpc) is 2.77. The van der Waals surface area contributed by atoms with Crippen LogP contribution in [0.2, 0.25) is 0 Å². The Morgan fingerprint density at radius 2 is 1.64 bits per heavy atom. The summed E-state index contributed by atoms with van der Waals surface area (Å²) >= 11 is 0. The van der Waals surface area contributed by atoms with Gasteiger partial charge >= 0.3 is 6.09 Å². The lowest BCUT2D eigenvalue weighted by atomic mass is 9.91. The van der Waals surface area contributed by atoms with Gasteiger partial charge in [-0.25, -0.2) is 4.79 Å². The van der Waals surface area contributed by atoms with Gasteiger partial charge in [0.25, 0.3) is 0 Å². The van der Waals surface area contributed by atoms with Gasteiger partial charge in [-0.05, 0) is 76.5 Å². The Hall–Kier alpha value is -2.57. The molecule has 36 heavy (non-hydrogen) atoms. The van der Waals surface area contributed by atoms with Crippen molar-refractivity contribution in [2.45, 2.75) is 118 Å². The van der Waals surface area contributed by atoms with Crippen LogP contribution in [-0.4, -0.2) is 47.0 Å². The summed E-state index contributed by atoms with van der Waals surface area (Å²) in [5.74, 6) is -0.616. The number of carbonyl (C=O) groups is 3. The number of ether oxygens (including phenoxy) is 1. The number of aryl methyl sites for hydroxylation is 2. The van der Waals surface area contributed by atoms with E-state index in [2.05, 4.69) is 10.6 Å². The maximum Gasteiger partial charge on any atom is 0.408 e. The van der Waals surface area contributed by atoms with Gasteiger partial charge in [-0.1, -0.05) is 58.2 Å². The second kappa shape index (κ2) is 13.1. The predicted molar refractivity (Wildman–Crippen MR) is 144 cm³/mol. The molecule has 202 valence electrons. The van der Waals surface area contributed by atoms with E-state index in [1.165, 1.54) is 6.42 Å². The van der Waals surface area contributed by atoms with Crippen LogP contribution in [0.25, 0.3) is 0 Å². The molecule has 0 heterocycles. The molecule has 0 aliphatic heterocycles. The Bertz CT molecular complexity index is 880. The van der Waals surface area contributed by atoms with Crippen molar-refractivity contribution in [3.05, 3.63) is 34.9 Å². The summed E-state index contributed by atoms with van der Waals surface area (Å²) < 4.78 is 5.44. The van der Waals surface area contributed by atoms with Gasteiger partial charge < -0.3 is 20.3 Å². The molecule has 1 saturated carbocycles. The van der Waals surface area contributed by atoms with Crippen molar-refractivity contribution >= 4 is 17.9 Å². The van der Waals surface area contributed by atoms with E-state index in [0.29, 0.717) is 13.0 Å². The number of nitrogens with zero attached hydrogens (tertiary/aromatic N) is 1. The first kappa shape index (κ1) is 29.7. The number of nitrogens with one attached hydrogen (secondary N) is 2. The molecule has 2 N–H and O–H groups in total. The quantitative estimate of drug-likeness (QED) is 0.462. The molecule has 1 aromatic rings. The van der Waals surface area contributed by atoms with Crippen molar-refractivity contribution < 1.29 is 19.1 Å². The van der Waals surface area contributed by atoms with Crippen molar-refractivity contribution in [3.8, 4) is 0 Å². The van der Waals surface area contributed by atoms with Gasteiger partial charge in [0.05, 0.1) is 0 Å². The highest BCUT2D eigenvalue weighted by Crippen LogP contribution is 2.30. The molecule has 2 atom stereocenters. The Morgan fingerprint density at radius 3 is 2.14 bits per heavy atom. The summed E-state index contributed by atoms with van der Waals surface area (Å²) in [7, 11) is 0. The number of carbonyl (C=O) groups excluding carboxylic acids is 3. The standard InChI is InChI=1S/C29H47N3O4/c1-9-18-32(27(34)24(19(2)3)31-28(35)36-29(6,7)8)25(23-20(4)14-13-15-21(23)5)26(33)30-22-16-11-10-12-17-22/h13-15,19,22,24-25H,9-12,16-18H2,1-8H3,(H,30,33)(H,31,35). The van der Waals surface area contributed by atoms with Crippen LogP contribution in [0, 0.1) is 19.8 Å². The van der Waals surface area contributed by atoms with E-state index < -0.39 is 23.8 Å². The molecule has 7 nitrogen and oxygen atoms in total. The Kier molecular flexibility index (Phi) is 10.8. The SMILES string of the molecule is CCCN(C(=O)C(NC(=O)OC(C)(C)C)C(C)C)C(C(=O)NC1CCCCC1)c1c(C)cccc1C. The van der Waals surface area contributed by atoms with E-state index in [4.69, 9.17) is 4.74 Å². The summed E-state index contributed by atoms with van der Waals surface area (Å²) in [5, 5.41) is 6.04. The monoisotopic (exact) mass is 501 g/mol. The predicted octanol–water partition coefficient (Wildman–Crippen LogP) is 5.58. The molecule has 1 fully saturated rings. The zero-order valence-corrected chi connectivity index (χ0v) is 23.6. The minimum Gasteiger partial charge on any atom is -0.444 e.